The summed E-state index contributed by atoms with van der Waals surface area (Å²) in [5, 5.41) is 4.56. The molecule has 3 aliphatic rings. The molecule has 0 amide bonds. The van der Waals surface area contributed by atoms with Crippen molar-refractivity contribution in [3.8, 4) is 5.69 Å². The first-order valence-corrected chi connectivity index (χ1v) is 9.52. The Hall–Kier alpha value is -2.43. The predicted octanol–water partition coefficient (Wildman–Crippen LogP) is 4.46. The molecule has 2 aliphatic carbocycles. The molecule has 0 radical (unpaired) electrons. The lowest BCUT2D eigenvalue weighted by molar-refractivity contribution is -0.159. The Morgan fingerprint density at radius 2 is 1.93 bits per heavy atom. The Morgan fingerprint density at radius 3 is 2.59 bits per heavy atom. The summed E-state index contributed by atoms with van der Waals surface area (Å²) in [6.07, 6.45) is 7.47. The standard InChI is InChI=1S/C22H23FN2O2/c1-20(2)13-22(27-19(20)26)9-8-15-10-18-14(11-21(15,22)3)12-24-25(18)17-6-4-16(23)5-7-17/h4-7,10,12H,8-9,11,13H2,1-3H3/t21-,22+/m0/s1. The number of carbonyl (C=O) groups is 1. The lowest BCUT2D eigenvalue weighted by Gasteiger charge is -2.42. The molecule has 140 valence electrons. The highest BCUT2D eigenvalue weighted by atomic mass is 19.1. The first kappa shape index (κ1) is 16.7. The fraction of sp³-hybridized carbons (Fsp3) is 0.455. The van der Waals surface area contributed by atoms with Crippen LogP contribution in [0.15, 0.2) is 36.0 Å². The van der Waals surface area contributed by atoms with Crippen LogP contribution in [0.4, 0.5) is 4.39 Å². The van der Waals surface area contributed by atoms with E-state index in [0.717, 1.165) is 42.6 Å². The zero-order valence-electron chi connectivity index (χ0n) is 15.9. The lowest BCUT2D eigenvalue weighted by Crippen LogP contribution is -2.45. The molecule has 0 unspecified atom stereocenters. The number of benzene rings is 1. The molecule has 1 aliphatic heterocycles. The van der Waals surface area contributed by atoms with Crippen LogP contribution in [0.25, 0.3) is 11.8 Å². The number of hydrogen-bond donors (Lipinski definition) is 0. The van der Waals surface area contributed by atoms with E-state index >= 15 is 0 Å². The number of fused-ring (bicyclic) bond motifs is 3. The molecule has 2 fully saturated rings. The quantitative estimate of drug-likeness (QED) is 0.700. The van der Waals surface area contributed by atoms with Crippen LogP contribution in [-0.4, -0.2) is 21.4 Å². The summed E-state index contributed by atoms with van der Waals surface area (Å²) in [6, 6.07) is 6.39. The van der Waals surface area contributed by atoms with Crippen molar-refractivity contribution < 1.29 is 13.9 Å². The number of hydrogen-bond acceptors (Lipinski definition) is 3. The van der Waals surface area contributed by atoms with E-state index in [1.54, 1.807) is 12.1 Å². The van der Waals surface area contributed by atoms with Gasteiger partial charge in [0.25, 0.3) is 0 Å². The Balaban J connectivity index is 1.57. The maximum atomic E-state index is 13.3. The predicted molar refractivity (Wildman–Crippen MR) is 99.8 cm³/mol. The first-order valence-electron chi connectivity index (χ1n) is 9.52. The normalized spacial score (nSPS) is 30.8. The molecule has 1 saturated carbocycles. The number of nitrogens with zero attached hydrogens (tertiary/aromatic N) is 2. The van der Waals surface area contributed by atoms with E-state index in [-0.39, 0.29) is 17.2 Å². The Morgan fingerprint density at radius 1 is 1.19 bits per heavy atom. The number of carbonyl (C=O) groups excluding carboxylic acids is 1. The molecule has 1 spiro atoms. The number of aromatic nitrogens is 2. The SMILES string of the molecule is CC1(C)C[C@@]2(CCC3=Cc4c(cnn4-c4ccc(F)cc4)C[C@@]32C)OC1=O. The van der Waals surface area contributed by atoms with E-state index in [4.69, 9.17) is 4.74 Å². The second kappa shape index (κ2) is 5.09. The molecule has 1 aromatic heterocycles. The minimum absolute atomic E-state index is 0.0854. The van der Waals surface area contributed by atoms with Gasteiger partial charge in [0.05, 0.1) is 23.0 Å². The lowest BCUT2D eigenvalue weighted by atomic mass is 9.64. The Bertz CT molecular complexity index is 988. The van der Waals surface area contributed by atoms with Crippen LogP contribution in [0.5, 0.6) is 0 Å². The smallest absolute Gasteiger partial charge is 0.312 e. The molecule has 0 N–H and O–H groups in total. The highest BCUT2D eigenvalue weighted by Gasteiger charge is 2.65. The van der Waals surface area contributed by atoms with Crippen LogP contribution in [0.3, 0.4) is 0 Å². The molecule has 2 heterocycles. The van der Waals surface area contributed by atoms with Gasteiger partial charge in [0.2, 0.25) is 0 Å². The van der Waals surface area contributed by atoms with Gasteiger partial charge in [-0.15, -0.1) is 0 Å². The van der Waals surface area contributed by atoms with E-state index in [1.165, 1.54) is 17.7 Å². The van der Waals surface area contributed by atoms with E-state index in [0.29, 0.717) is 0 Å². The van der Waals surface area contributed by atoms with Crippen molar-refractivity contribution in [2.75, 3.05) is 0 Å². The van der Waals surface area contributed by atoms with Gasteiger partial charge < -0.3 is 4.74 Å². The summed E-state index contributed by atoms with van der Waals surface area (Å²) in [5.74, 6) is -0.341. The molecule has 2 aromatic rings. The maximum absolute atomic E-state index is 13.3. The maximum Gasteiger partial charge on any atom is 0.312 e. The van der Waals surface area contributed by atoms with Crippen molar-refractivity contribution >= 4 is 12.0 Å². The van der Waals surface area contributed by atoms with Gasteiger partial charge in [0.1, 0.15) is 11.4 Å². The summed E-state index contributed by atoms with van der Waals surface area (Å²) in [6.45, 7) is 6.20. The van der Waals surface area contributed by atoms with Crippen LogP contribution in [0.1, 0.15) is 51.3 Å². The molecule has 1 aromatic carbocycles. The Kier molecular flexibility index (Phi) is 3.15. The number of esters is 1. The van der Waals surface area contributed by atoms with Crippen molar-refractivity contribution in [3.63, 3.8) is 0 Å². The van der Waals surface area contributed by atoms with Crippen molar-refractivity contribution in [1.29, 1.82) is 0 Å². The first-order chi connectivity index (χ1) is 12.7. The highest BCUT2D eigenvalue weighted by Crippen LogP contribution is 2.63. The van der Waals surface area contributed by atoms with Crippen molar-refractivity contribution in [1.82, 2.24) is 9.78 Å². The van der Waals surface area contributed by atoms with Gasteiger partial charge in [-0.1, -0.05) is 12.5 Å². The number of rotatable bonds is 1. The van der Waals surface area contributed by atoms with Gasteiger partial charge in [-0.2, -0.15) is 5.10 Å². The van der Waals surface area contributed by atoms with E-state index in [2.05, 4.69) is 18.1 Å². The fourth-order valence-corrected chi connectivity index (χ4v) is 5.29. The number of ether oxygens (including phenoxy) is 1. The fourth-order valence-electron chi connectivity index (χ4n) is 5.29. The number of halogens is 1. The highest BCUT2D eigenvalue weighted by molar-refractivity contribution is 5.80. The molecule has 5 heteroatoms. The molecule has 1 saturated heterocycles. The van der Waals surface area contributed by atoms with E-state index in [9.17, 15) is 9.18 Å². The van der Waals surface area contributed by atoms with Gasteiger partial charge in [0.15, 0.2) is 0 Å². The minimum atomic E-state index is -0.434. The second-order valence-electron chi connectivity index (χ2n) is 9.07. The third-order valence-electron chi connectivity index (χ3n) is 6.89. The summed E-state index contributed by atoms with van der Waals surface area (Å²) in [7, 11) is 0. The topological polar surface area (TPSA) is 44.1 Å². The monoisotopic (exact) mass is 366 g/mol. The van der Waals surface area contributed by atoms with Crippen LogP contribution >= 0.6 is 0 Å². The van der Waals surface area contributed by atoms with Crippen LogP contribution < -0.4 is 0 Å². The van der Waals surface area contributed by atoms with Crippen molar-refractivity contribution in [2.24, 2.45) is 10.8 Å². The third-order valence-corrected chi connectivity index (χ3v) is 6.89. The second-order valence-corrected chi connectivity index (χ2v) is 9.07. The molecular weight excluding hydrogens is 343 g/mol. The van der Waals surface area contributed by atoms with Gasteiger partial charge in [-0.3, -0.25) is 4.79 Å². The van der Waals surface area contributed by atoms with Crippen molar-refractivity contribution in [2.45, 2.75) is 52.1 Å². The molecule has 0 bridgehead atoms. The van der Waals surface area contributed by atoms with Gasteiger partial charge in [0, 0.05) is 11.8 Å². The van der Waals surface area contributed by atoms with Gasteiger partial charge in [-0.25, -0.2) is 9.07 Å². The van der Waals surface area contributed by atoms with Gasteiger partial charge in [-0.05, 0) is 69.0 Å². The van der Waals surface area contributed by atoms with E-state index in [1.807, 2.05) is 24.7 Å². The summed E-state index contributed by atoms with van der Waals surface area (Å²) in [4.78, 5) is 12.4. The van der Waals surface area contributed by atoms with Crippen LogP contribution in [0, 0.1) is 16.6 Å². The minimum Gasteiger partial charge on any atom is -0.458 e. The zero-order valence-corrected chi connectivity index (χ0v) is 15.9. The van der Waals surface area contributed by atoms with Crippen LogP contribution in [-0.2, 0) is 16.0 Å². The summed E-state index contributed by atoms with van der Waals surface area (Å²) in [5.41, 5.74) is 3.32. The molecular formula is C22H23FN2O2. The molecule has 4 nitrogen and oxygen atoms in total. The van der Waals surface area contributed by atoms with E-state index < -0.39 is 11.0 Å². The van der Waals surface area contributed by atoms with Crippen LogP contribution in [0.2, 0.25) is 0 Å². The average Bonchev–Trinajstić information content (AvgIpc) is 3.20. The van der Waals surface area contributed by atoms with Gasteiger partial charge >= 0.3 is 5.97 Å². The molecule has 5 rings (SSSR count). The summed E-state index contributed by atoms with van der Waals surface area (Å²) < 4.78 is 21.2. The largest absolute Gasteiger partial charge is 0.458 e. The molecule has 2 atom stereocenters. The average molecular weight is 366 g/mol. The third kappa shape index (κ3) is 2.14. The zero-order chi connectivity index (χ0) is 19.0. The Labute approximate surface area is 158 Å². The summed E-state index contributed by atoms with van der Waals surface area (Å²) >= 11 is 0. The molecule has 27 heavy (non-hydrogen) atoms. The van der Waals surface area contributed by atoms with Crippen molar-refractivity contribution in [3.05, 3.63) is 53.1 Å².